The summed E-state index contributed by atoms with van der Waals surface area (Å²) in [6.07, 6.45) is 2.22. The number of alkyl halides is 2. The molecule has 2 aromatic heterocycles. The van der Waals surface area contributed by atoms with Crippen LogP contribution < -0.4 is 10.5 Å². The predicted molar refractivity (Wildman–Crippen MR) is 102 cm³/mol. The third-order valence-corrected chi connectivity index (χ3v) is 6.20. The van der Waals surface area contributed by atoms with Crippen LogP contribution in [0.5, 0.6) is 5.75 Å². The molecule has 2 N–H and O–H groups in total. The maximum Gasteiger partial charge on any atom is 0.387 e. The van der Waals surface area contributed by atoms with Gasteiger partial charge in [-0.25, -0.2) is 15.0 Å². The van der Waals surface area contributed by atoms with Gasteiger partial charge in [-0.05, 0) is 24.0 Å². The SMILES string of the molecule is CCc1nc(-c2cnc(N)c(OC(F)F)c2)cc([C@H]2[C@@H]3CN(C4COC4)C[C@@H]32)n1. The van der Waals surface area contributed by atoms with Gasteiger partial charge in [0.1, 0.15) is 5.82 Å². The Morgan fingerprint density at radius 3 is 2.62 bits per heavy atom. The number of hydrogen-bond acceptors (Lipinski definition) is 7. The van der Waals surface area contributed by atoms with E-state index in [1.54, 1.807) is 0 Å². The van der Waals surface area contributed by atoms with Gasteiger partial charge in [0.05, 0.1) is 24.9 Å². The molecule has 3 aliphatic rings. The van der Waals surface area contributed by atoms with E-state index in [0.717, 1.165) is 37.8 Å². The molecule has 0 spiro atoms. The normalized spacial score (nSPS) is 26.4. The summed E-state index contributed by atoms with van der Waals surface area (Å²) in [6.45, 7) is 2.89. The zero-order valence-electron chi connectivity index (χ0n) is 16.1. The van der Waals surface area contributed by atoms with E-state index in [0.29, 0.717) is 41.5 Å². The van der Waals surface area contributed by atoms with Crippen LogP contribution in [-0.4, -0.2) is 58.8 Å². The molecular weight excluding hydrogens is 380 g/mol. The van der Waals surface area contributed by atoms with E-state index in [9.17, 15) is 8.78 Å². The van der Waals surface area contributed by atoms with Gasteiger partial charge in [0.15, 0.2) is 11.6 Å². The molecule has 3 atom stereocenters. The summed E-state index contributed by atoms with van der Waals surface area (Å²) in [5.74, 6) is 2.18. The number of piperidine rings is 1. The second-order valence-electron chi connectivity index (χ2n) is 7.93. The van der Waals surface area contributed by atoms with Crippen molar-refractivity contribution in [2.75, 3.05) is 32.0 Å². The number of ether oxygens (including phenoxy) is 2. The van der Waals surface area contributed by atoms with Crippen molar-refractivity contribution in [1.29, 1.82) is 0 Å². The van der Waals surface area contributed by atoms with Crippen LogP contribution in [0.2, 0.25) is 0 Å². The molecule has 2 aromatic rings. The summed E-state index contributed by atoms with van der Waals surface area (Å²) < 4.78 is 35.1. The van der Waals surface area contributed by atoms with Gasteiger partial charge < -0.3 is 15.2 Å². The highest BCUT2D eigenvalue weighted by atomic mass is 19.3. The fraction of sp³-hybridized carbons (Fsp3) is 0.550. The van der Waals surface area contributed by atoms with Gasteiger partial charge in [-0.3, -0.25) is 4.90 Å². The number of aryl methyl sites for hydroxylation is 1. The van der Waals surface area contributed by atoms with Gasteiger partial charge in [-0.15, -0.1) is 0 Å². The van der Waals surface area contributed by atoms with Crippen molar-refractivity contribution in [2.45, 2.75) is 31.9 Å². The second-order valence-corrected chi connectivity index (χ2v) is 7.93. The number of nitrogen functional groups attached to an aromatic ring is 1. The van der Waals surface area contributed by atoms with Crippen molar-refractivity contribution >= 4 is 5.82 Å². The van der Waals surface area contributed by atoms with Gasteiger partial charge in [0.2, 0.25) is 0 Å². The Hall–Kier alpha value is -2.39. The summed E-state index contributed by atoms with van der Waals surface area (Å²) in [7, 11) is 0. The Kier molecular flexibility index (Phi) is 4.59. The average molecular weight is 403 g/mol. The minimum Gasteiger partial charge on any atom is -0.431 e. The third kappa shape index (κ3) is 3.42. The van der Waals surface area contributed by atoms with Gasteiger partial charge in [-0.1, -0.05) is 6.92 Å². The van der Waals surface area contributed by atoms with E-state index in [1.165, 1.54) is 12.3 Å². The molecular formula is C20H23F2N5O2. The first-order valence-corrected chi connectivity index (χ1v) is 9.93. The highest BCUT2D eigenvalue weighted by molar-refractivity contribution is 5.64. The quantitative estimate of drug-likeness (QED) is 0.792. The van der Waals surface area contributed by atoms with Crippen LogP contribution in [0.4, 0.5) is 14.6 Å². The lowest BCUT2D eigenvalue weighted by Crippen LogP contribution is -2.48. The number of likely N-dealkylation sites (tertiary alicyclic amines) is 1. The lowest BCUT2D eigenvalue weighted by atomic mass is 10.1. The molecule has 2 saturated heterocycles. The Morgan fingerprint density at radius 2 is 2.00 bits per heavy atom. The highest BCUT2D eigenvalue weighted by Crippen LogP contribution is 2.58. The largest absolute Gasteiger partial charge is 0.431 e. The van der Waals surface area contributed by atoms with Crippen molar-refractivity contribution in [3.05, 3.63) is 29.8 Å². The molecule has 0 aromatic carbocycles. The third-order valence-electron chi connectivity index (χ3n) is 6.20. The van der Waals surface area contributed by atoms with E-state index in [4.69, 9.17) is 15.5 Å². The topological polar surface area (TPSA) is 86.4 Å². The predicted octanol–water partition coefficient (Wildman–Crippen LogP) is 2.33. The number of halogens is 2. The van der Waals surface area contributed by atoms with E-state index < -0.39 is 6.61 Å². The number of rotatable bonds is 6. The summed E-state index contributed by atoms with van der Waals surface area (Å²) in [6, 6.07) is 3.99. The van der Waals surface area contributed by atoms with Crippen molar-refractivity contribution < 1.29 is 18.3 Å². The number of pyridine rings is 1. The molecule has 7 nitrogen and oxygen atoms in total. The van der Waals surface area contributed by atoms with Gasteiger partial charge >= 0.3 is 6.61 Å². The Labute approximate surface area is 167 Å². The smallest absolute Gasteiger partial charge is 0.387 e. The summed E-state index contributed by atoms with van der Waals surface area (Å²) in [5.41, 5.74) is 7.94. The molecule has 1 aliphatic carbocycles. The first kappa shape index (κ1) is 18.6. The van der Waals surface area contributed by atoms with E-state index in [2.05, 4.69) is 19.6 Å². The number of nitrogens with two attached hydrogens (primary N) is 1. The van der Waals surface area contributed by atoms with Gasteiger partial charge in [0, 0.05) is 42.9 Å². The molecule has 4 heterocycles. The van der Waals surface area contributed by atoms with Crippen LogP contribution >= 0.6 is 0 Å². The van der Waals surface area contributed by atoms with Crippen LogP contribution in [-0.2, 0) is 11.2 Å². The number of anilines is 1. The Bertz CT molecular complexity index is 912. The minimum atomic E-state index is -2.96. The van der Waals surface area contributed by atoms with Gasteiger partial charge in [0.25, 0.3) is 0 Å². The highest BCUT2D eigenvalue weighted by Gasteiger charge is 2.58. The molecule has 3 fully saturated rings. The molecule has 0 amide bonds. The lowest BCUT2D eigenvalue weighted by Gasteiger charge is -2.35. The molecule has 2 aliphatic heterocycles. The van der Waals surface area contributed by atoms with Crippen LogP contribution in [0.15, 0.2) is 18.3 Å². The maximum absolute atomic E-state index is 12.6. The first-order valence-electron chi connectivity index (χ1n) is 9.93. The van der Waals surface area contributed by atoms with Crippen molar-refractivity contribution in [2.24, 2.45) is 11.8 Å². The lowest BCUT2D eigenvalue weighted by molar-refractivity contribution is -0.0610. The first-order chi connectivity index (χ1) is 14.0. The van der Waals surface area contributed by atoms with Crippen molar-refractivity contribution in [1.82, 2.24) is 19.9 Å². The fourth-order valence-electron chi connectivity index (χ4n) is 4.51. The number of aromatic nitrogens is 3. The average Bonchev–Trinajstić information content (AvgIpc) is 3.16. The number of fused-ring (bicyclic) bond motifs is 1. The molecule has 5 rings (SSSR count). The molecule has 9 heteroatoms. The van der Waals surface area contributed by atoms with Crippen LogP contribution in [0.25, 0.3) is 11.3 Å². The number of hydrogen-bond donors (Lipinski definition) is 1. The molecule has 1 saturated carbocycles. The van der Waals surface area contributed by atoms with Gasteiger partial charge in [-0.2, -0.15) is 8.78 Å². The maximum atomic E-state index is 12.6. The minimum absolute atomic E-state index is 0.0733. The van der Waals surface area contributed by atoms with Crippen LogP contribution in [0, 0.1) is 11.8 Å². The van der Waals surface area contributed by atoms with E-state index in [1.807, 2.05) is 13.0 Å². The van der Waals surface area contributed by atoms with Crippen LogP contribution in [0.3, 0.4) is 0 Å². The zero-order chi connectivity index (χ0) is 20.1. The summed E-state index contributed by atoms with van der Waals surface area (Å²) in [4.78, 5) is 15.9. The Morgan fingerprint density at radius 1 is 1.24 bits per heavy atom. The molecule has 0 unspecified atom stereocenters. The molecule has 0 radical (unpaired) electrons. The van der Waals surface area contributed by atoms with E-state index >= 15 is 0 Å². The monoisotopic (exact) mass is 403 g/mol. The zero-order valence-corrected chi connectivity index (χ0v) is 16.1. The van der Waals surface area contributed by atoms with Crippen LogP contribution in [0.1, 0.15) is 24.4 Å². The van der Waals surface area contributed by atoms with Crippen molar-refractivity contribution in [3.8, 4) is 17.0 Å². The standard InChI is InChI=1S/C20H23F2N5O2/c1-2-17-25-14(10-3-16(29-20(21)22)19(23)24-5-10)4-15(26-17)18-12-6-27(7-13(12)18)11-8-28-9-11/h3-5,11-13,18,20H,2,6-9H2,1H3,(H2,23,24)/t12-,13+,18+. The Balaban J connectivity index is 1.40. The summed E-state index contributed by atoms with van der Waals surface area (Å²) in [5, 5.41) is 0. The van der Waals surface area contributed by atoms with E-state index in [-0.39, 0.29) is 11.6 Å². The molecule has 0 bridgehead atoms. The van der Waals surface area contributed by atoms with Crippen molar-refractivity contribution in [3.63, 3.8) is 0 Å². The fourth-order valence-corrected chi connectivity index (χ4v) is 4.51. The molecule has 29 heavy (non-hydrogen) atoms. The molecule has 154 valence electrons. The second kappa shape index (κ2) is 7.14. The number of nitrogens with zero attached hydrogens (tertiary/aromatic N) is 4. The summed E-state index contributed by atoms with van der Waals surface area (Å²) >= 11 is 0.